The van der Waals surface area contributed by atoms with Crippen LogP contribution in [0.2, 0.25) is 0 Å². The lowest BCUT2D eigenvalue weighted by Gasteiger charge is -2.46. The van der Waals surface area contributed by atoms with Gasteiger partial charge in [-0.3, -0.25) is 24.2 Å². The maximum atomic E-state index is 16.9. The van der Waals surface area contributed by atoms with Crippen LogP contribution in [0.4, 0.5) is 10.5 Å². The van der Waals surface area contributed by atoms with Gasteiger partial charge < -0.3 is 39.4 Å². The number of amides is 4. The fourth-order valence-corrected chi connectivity index (χ4v) is 11.8. The average Bonchev–Trinajstić information content (AvgIpc) is 4.12. The van der Waals surface area contributed by atoms with E-state index >= 15 is 19.2 Å². The third-order valence-electron chi connectivity index (χ3n) is 15.1. The molecule has 15 nitrogen and oxygen atoms in total. The Morgan fingerprint density at radius 3 is 2.20 bits per heavy atom. The molecule has 382 valence electrons. The minimum absolute atomic E-state index is 0.0203. The highest BCUT2D eigenvalue weighted by Gasteiger charge is 2.76. The SMILES string of the molecule is C[C@@H](NC(=O)N1C(=O)[C@@]2(c3cc(C#CCCO)ccc31)[C@H](c1cccc(OCCO)c1)N1[C@H](c3ccccc3)[C@H](c3ccccc3)OC(=O)[C@H]1[C@@H]2C(=O)N1CCN(Cc2ccc3c(c2)OCO3)CC1)c1ccccc1. The van der Waals surface area contributed by atoms with Crippen LogP contribution in [-0.2, 0) is 31.1 Å². The molecule has 0 saturated carbocycles. The summed E-state index contributed by atoms with van der Waals surface area (Å²) in [6, 6.07) is 42.1. The van der Waals surface area contributed by atoms with Gasteiger partial charge >= 0.3 is 12.0 Å². The van der Waals surface area contributed by atoms with Crippen molar-refractivity contribution in [2.75, 3.05) is 57.7 Å². The molecule has 3 fully saturated rings. The molecule has 15 heteroatoms. The van der Waals surface area contributed by atoms with Crippen molar-refractivity contribution in [1.82, 2.24) is 20.0 Å². The van der Waals surface area contributed by atoms with Gasteiger partial charge in [0.1, 0.15) is 29.9 Å². The van der Waals surface area contributed by atoms with Crippen molar-refractivity contribution in [3.8, 4) is 29.1 Å². The Bertz CT molecular complexity index is 3160. The van der Waals surface area contributed by atoms with Crippen LogP contribution in [-0.4, -0.2) is 108 Å². The number of aliphatic hydroxyl groups is 2. The summed E-state index contributed by atoms with van der Waals surface area (Å²) in [6.07, 6.45) is -0.739. The number of cyclic esters (lactones) is 1. The Kier molecular flexibility index (Phi) is 13.8. The van der Waals surface area contributed by atoms with Crippen LogP contribution in [0.5, 0.6) is 17.2 Å². The fourth-order valence-electron chi connectivity index (χ4n) is 11.8. The normalized spacial score (nSPS) is 23.2. The number of esters is 1. The van der Waals surface area contributed by atoms with Gasteiger partial charge in [-0.25, -0.2) is 9.69 Å². The highest BCUT2D eigenvalue weighted by Crippen LogP contribution is 2.66. The van der Waals surface area contributed by atoms with Gasteiger partial charge in [-0.15, -0.1) is 0 Å². The second-order valence-electron chi connectivity index (χ2n) is 19.4. The molecule has 4 amide bonds. The number of anilines is 1. The predicted molar refractivity (Wildman–Crippen MR) is 277 cm³/mol. The number of nitrogens with zero attached hydrogens (tertiary/aromatic N) is 4. The number of imide groups is 1. The van der Waals surface area contributed by atoms with Crippen LogP contribution in [0.3, 0.4) is 0 Å². The van der Waals surface area contributed by atoms with Crippen molar-refractivity contribution >= 4 is 29.5 Å². The third kappa shape index (κ3) is 9.03. The van der Waals surface area contributed by atoms with Crippen molar-refractivity contribution < 1.29 is 48.3 Å². The molecule has 0 aliphatic carbocycles. The summed E-state index contributed by atoms with van der Waals surface area (Å²) >= 11 is 0. The summed E-state index contributed by atoms with van der Waals surface area (Å²) in [5.74, 6) is 4.62. The highest BCUT2D eigenvalue weighted by atomic mass is 16.7. The third-order valence-corrected chi connectivity index (χ3v) is 15.1. The van der Waals surface area contributed by atoms with Gasteiger partial charge in [-0.2, -0.15) is 0 Å². The van der Waals surface area contributed by atoms with Crippen LogP contribution in [0.25, 0.3) is 0 Å². The quantitative estimate of drug-likeness (QED) is 0.0849. The molecule has 5 aliphatic rings. The number of hydrogen-bond acceptors (Lipinski definition) is 12. The smallest absolute Gasteiger partial charge is 0.329 e. The lowest BCUT2D eigenvalue weighted by atomic mass is 9.64. The number of urea groups is 1. The van der Waals surface area contributed by atoms with Crippen LogP contribution in [0, 0.1) is 17.8 Å². The van der Waals surface area contributed by atoms with E-state index in [1.807, 2.05) is 127 Å². The first-order valence-electron chi connectivity index (χ1n) is 25.4. The molecule has 5 aliphatic heterocycles. The van der Waals surface area contributed by atoms with Crippen LogP contribution < -0.4 is 24.4 Å². The van der Waals surface area contributed by atoms with E-state index in [4.69, 9.17) is 18.9 Å². The lowest BCUT2D eigenvalue weighted by Crippen LogP contribution is -2.59. The molecule has 0 radical (unpaired) electrons. The molecule has 75 heavy (non-hydrogen) atoms. The van der Waals surface area contributed by atoms with Crippen LogP contribution in [0.15, 0.2) is 152 Å². The van der Waals surface area contributed by atoms with Gasteiger partial charge in [0.15, 0.2) is 11.5 Å². The van der Waals surface area contributed by atoms with E-state index < -0.39 is 65.4 Å². The molecular formula is C60H57N5O10. The maximum Gasteiger partial charge on any atom is 0.329 e. The lowest BCUT2D eigenvalue weighted by molar-refractivity contribution is -0.179. The molecule has 6 aromatic carbocycles. The minimum Gasteiger partial charge on any atom is -0.491 e. The number of hydrogen-bond donors (Lipinski definition) is 3. The first-order valence-corrected chi connectivity index (χ1v) is 25.4. The van der Waals surface area contributed by atoms with Gasteiger partial charge in [0.25, 0.3) is 0 Å². The van der Waals surface area contributed by atoms with E-state index in [9.17, 15) is 10.2 Å². The number of morpholine rings is 1. The van der Waals surface area contributed by atoms with Crippen molar-refractivity contribution in [3.63, 3.8) is 0 Å². The summed E-state index contributed by atoms with van der Waals surface area (Å²) in [5.41, 5.74) is 2.86. The average molecular weight is 1010 g/mol. The van der Waals surface area contributed by atoms with E-state index in [1.54, 1.807) is 41.3 Å². The van der Waals surface area contributed by atoms with Gasteiger partial charge in [-0.05, 0) is 82.8 Å². The summed E-state index contributed by atoms with van der Waals surface area (Å²) in [6.45, 7) is 3.64. The first-order chi connectivity index (χ1) is 36.7. The number of benzene rings is 6. The molecule has 7 atom stereocenters. The van der Waals surface area contributed by atoms with Crippen LogP contribution in [0.1, 0.15) is 76.5 Å². The van der Waals surface area contributed by atoms with E-state index in [2.05, 4.69) is 22.1 Å². The van der Waals surface area contributed by atoms with Gasteiger partial charge in [0, 0.05) is 44.7 Å². The van der Waals surface area contributed by atoms with Gasteiger partial charge in [-0.1, -0.05) is 121 Å². The Hall–Kier alpha value is -8.00. The molecule has 0 bridgehead atoms. The molecule has 11 rings (SSSR count). The first kappa shape index (κ1) is 49.2. The largest absolute Gasteiger partial charge is 0.491 e. The number of aliphatic hydroxyl groups excluding tert-OH is 2. The second-order valence-corrected chi connectivity index (χ2v) is 19.4. The fraction of sp³-hybridized carbons (Fsp3) is 0.300. The predicted octanol–water partition coefficient (Wildman–Crippen LogP) is 7.00. The van der Waals surface area contributed by atoms with Crippen molar-refractivity contribution in [2.24, 2.45) is 5.92 Å². The van der Waals surface area contributed by atoms with E-state index in [1.165, 1.54) is 0 Å². The molecule has 6 aromatic rings. The van der Waals surface area contributed by atoms with E-state index in [-0.39, 0.29) is 51.8 Å². The van der Waals surface area contributed by atoms with Crippen molar-refractivity contribution in [2.45, 2.75) is 55.6 Å². The second kappa shape index (κ2) is 21.1. The Morgan fingerprint density at radius 1 is 0.760 bits per heavy atom. The minimum atomic E-state index is -2.02. The van der Waals surface area contributed by atoms with Gasteiger partial charge in [0.2, 0.25) is 18.6 Å². The number of nitrogens with one attached hydrogen (secondary N) is 1. The topological polar surface area (TPSA) is 171 Å². The van der Waals surface area contributed by atoms with Crippen molar-refractivity contribution in [1.29, 1.82) is 0 Å². The summed E-state index contributed by atoms with van der Waals surface area (Å²) < 4.78 is 24.0. The zero-order valence-electron chi connectivity index (χ0n) is 41.4. The van der Waals surface area contributed by atoms with Gasteiger partial charge in [0.05, 0.1) is 42.9 Å². The Labute approximate surface area is 435 Å². The summed E-state index contributed by atoms with van der Waals surface area (Å²) in [7, 11) is 0. The zero-order chi connectivity index (χ0) is 51.6. The van der Waals surface area contributed by atoms with E-state index in [0.29, 0.717) is 59.1 Å². The van der Waals surface area contributed by atoms with Crippen molar-refractivity contribution in [3.05, 3.63) is 191 Å². The number of ether oxygens (including phenoxy) is 4. The zero-order valence-corrected chi connectivity index (χ0v) is 41.4. The summed E-state index contributed by atoms with van der Waals surface area (Å²) in [4.78, 5) is 71.5. The number of fused-ring (bicyclic) bond motifs is 4. The number of carbonyl (C=O) groups is 4. The Balaban J connectivity index is 1.12. The molecule has 3 saturated heterocycles. The monoisotopic (exact) mass is 1010 g/mol. The Morgan fingerprint density at radius 2 is 1.47 bits per heavy atom. The number of rotatable bonds is 12. The molecule has 0 aromatic heterocycles. The number of piperazine rings is 1. The maximum absolute atomic E-state index is 16.9. The molecule has 5 heterocycles. The van der Waals surface area contributed by atoms with E-state index in [0.717, 1.165) is 21.6 Å². The molecule has 3 N–H and O–H groups in total. The summed E-state index contributed by atoms with van der Waals surface area (Å²) in [5, 5.41) is 22.8. The molecule has 0 unspecified atom stereocenters. The number of carbonyl (C=O) groups excluding carboxylic acids is 4. The molecular weight excluding hydrogens is 951 g/mol. The molecule has 1 spiro atoms. The van der Waals surface area contributed by atoms with Crippen LogP contribution >= 0.6 is 0 Å². The highest BCUT2D eigenvalue weighted by molar-refractivity contribution is 6.24. The standard InChI is InChI=1S/C60H57N5O10/c1-39(42-15-5-2-6-16-42)61-59(71)64-48-25-23-40(14-11-12-31-66)34-47(48)60(58(64)70)51(56(68)63-29-27-62(28-30-63)37-41-24-26-49-50(35-41)74-38-73-49)53-57(69)75-54(44-19-9-4-10-20-44)52(43-17-7-3-8-18-43)65(53)55(60)45-21-13-22-46(36-45)72-33-32-67/h2-10,13,15-26,34-36,39,51-55,66-67H,12,27-33,37-38H2,1H3,(H,61,71)/t39-,51-,52-,53-,54+,55+,60-/m1/s1.